The van der Waals surface area contributed by atoms with Crippen molar-refractivity contribution in [1.82, 2.24) is 14.8 Å². The van der Waals surface area contributed by atoms with Gasteiger partial charge in [-0.15, -0.1) is 11.3 Å². The average molecular weight is 417 g/mol. The topological polar surface area (TPSA) is 82.6 Å². The predicted molar refractivity (Wildman–Crippen MR) is 111 cm³/mol. The summed E-state index contributed by atoms with van der Waals surface area (Å²) in [5.41, 5.74) is 1.04. The van der Waals surface area contributed by atoms with Gasteiger partial charge in [0, 0.05) is 24.4 Å². The summed E-state index contributed by atoms with van der Waals surface area (Å²) in [6, 6.07) is -0.788. The molecule has 3 atom stereocenters. The molecule has 1 aromatic rings. The molecule has 1 N–H and O–H groups in total. The molecule has 1 saturated heterocycles. The second-order valence-corrected chi connectivity index (χ2v) is 9.80. The number of aromatic nitrogens is 1. The Morgan fingerprint density at radius 3 is 2.52 bits per heavy atom. The van der Waals surface area contributed by atoms with Gasteiger partial charge in [0.05, 0.1) is 17.5 Å². The molecule has 1 fully saturated rings. The summed E-state index contributed by atoms with van der Waals surface area (Å²) in [6.07, 6.45) is 6.40. The molecule has 156 valence electrons. The van der Waals surface area contributed by atoms with Crippen LogP contribution in [-0.2, 0) is 27.3 Å². The Kier molecular flexibility index (Phi) is 5.57. The van der Waals surface area contributed by atoms with Gasteiger partial charge in [-0.1, -0.05) is 26.0 Å². The molecule has 8 heteroatoms. The van der Waals surface area contributed by atoms with E-state index < -0.39 is 6.04 Å². The molecule has 1 aromatic heterocycles. The predicted octanol–water partition coefficient (Wildman–Crippen LogP) is 2.44. The minimum absolute atomic E-state index is 0.172. The van der Waals surface area contributed by atoms with Gasteiger partial charge in [0.2, 0.25) is 17.7 Å². The van der Waals surface area contributed by atoms with E-state index in [0.717, 1.165) is 25.2 Å². The standard InChI is InChI=1S/C21H28N4O3S/c1-12(2)10-16(25-19(27)13-6-4-5-7-14(13)20(25)28)18(26)23-21-22-15-8-9-24(3)11-17(15)29-21/h4-5,12-14,16H,6-11H2,1-3H3,(H,22,23,26). The number of allylic oxidation sites excluding steroid dienone is 2. The summed E-state index contributed by atoms with van der Waals surface area (Å²) in [6.45, 7) is 5.78. The molecule has 0 aromatic carbocycles. The van der Waals surface area contributed by atoms with Gasteiger partial charge in [0.15, 0.2) is 5.13 Å². The van der Waals surface area contributed by atoms with Gasteiger partial charge in [0.25, 0.3) is 0 Å². The minimum atomic E-state index is -0.788. The maximum atomic E-state index is 13.2. The largest absolute Gasteiger partial charge is 0.301 e. The Labute approximate surface area is 175 Å². The van der Waals surface area contributed by atoms with E-state index in [1.807, 2.05) is 26.0 Å². The molecule has 1 aliphatic carbocycles. The van der Waals surface area contributed by atoms with Crippen LogP contribution in [0.5, 0.6) is 0 Å². The number of nitrogens with one attached hydrogen (secondary N) is 1. The van der Waals surface area contributed by atoms with E-state index in [-0.39, 0.29) is 35.5 Å². The monoisotopic (exact) mass is 416 g/mol. The first-order valence-corrected chi connectivity index (χ1v) is 11.2. The van der Waals surface area contributed by atoms with Gasteiger partial charge in [0.1, 0.15) is 6.04 Å². The Morgan fingerprint density at radius 1 is 1.24 bits per heavy atom. The number of hydrogen-bond acceptors (Lipinski definition) is 6. The molecule has 0 saturated carbocycles. The van der Waals surface area contributed by atoms with Crippen molar-refractivity contribution in [3.05, 3.63) is 22.7 Å². The summed E-state index contributed by atoms with van der Waals surface area (Å²) < 4.78 is 0. The molecular weight excluding hydrogens is 388 g/mol. The number of thiazole rings is 1. The van der Waals surface area contributed by atoms with Crippen LogP contribution in [0.4, 0.5) is 5.13 Å². The second kappa shape index (κ2) is 7.99. The molecule has 3 unspecified atom stereocenters. The Hall–Kier alpha value is -2.06. The molecule has 0 bridgehead atoms. The Balaban J connectivity index is 1.55. The molecule has 3 heterocycles. The fraction of sp³-hybridized carbons (Fsp3) is 0.619. The van der Waals surface area contributed by atoms with Crippen molar-refractivity contribution in [3.63, 3.8) is 0 Å². The van der Waals surface area contributed by atoms with Crippen LogP contribution >= 0.6 is 11.3 Å². The lowest BCUT2D eigenvalue weighted by molar-refractivity contribution is -0.147. The van der Waals surface area contributed by atoms with Gasteiger partial charge >= 0.3 is 0 Å². The zero-order chi connectivity index (χ0) is 20.7. The molecule has 4 rings (SSSR count). The quantitative estimate of drug-likeness (QED) is 0.589. The van der Waals surface area contributed by atoms with E-state index in [2.05, 4.69) is 22.2 Å². The molecule has 2 aliphatic heterocycles. The molecule has 3 amide bonds. The zero-order valence-electron chi connectivity index (χ0n) is 17.2. The van der Waals surface area contributed by atoms with Crippen LogP contribution in [0.25, 0.3) is 0 Å². The zero-order valence-corrected chi connectivity index (χ0v) is 18.0. The van der Waals surface area contributed by atoms with Crippen molar-refractivity contribution < 1.29 is 14.4 Å². The number of amides is 3. The highest BCUT2D eigenvalue weighted by atomic mass is 32.1. The summed E-state index contributed by atoms with van der Waals surface area (Å²) in [5, 5.41) is 3.46. The van der Waals surface area contributed by atoms with Gasteiger partial charge in [-0.2, -0.15) is 0 Å². The lowest BCUT2D eigenvalue weighted by Crippen LogP contribution is -2.48. The second-order valence-electron chi connectivity index (χ2n) is 8.71. The molecule has 0 radical (unpaired) electrons. The van der Waals surface area contributed by atoms with Gasteiger partial charge < -0.3 is 10.2 Å². The number of likely N-dealkylation sites (N-methyl/N-ethyl adjacent to an activating group) is 1. The normalized spacial score (nSPS) is 25.3. The molecular formula is C21H28N4O3S. The van der Waals surface area contributed by atoms with Crippen LogP contribution in [0.1, 0.15) is 43.7 Å². The molecule has 7 nitrogen and oxygen atoms in total. The van der Waals surface area contributed by atoms with Crippen molar-refractivity contribution in [2.45, 2.75) is 52.1 Å². The van der Waals surface area contributed by atoms with E-state index in [0.29, 0.717) is 24.4 Å². The third-order valence-electron chi connectivity index (χ3n) is 6.00. The van der Waals surface area contributed by atoms with E-state index >= 15 is 0 Å². The number of anilines is 1. The van der Waals surface area contributed by atoms with Crippen molar-refractivity contribution in [2.24, 2.45) is 17.8 Å². The summed E-state index contributed by atoms with van der Waals surface area (Å²) >= 11 is 1.48. The van der Waals surface area contributed by atoms with Crippen molar-refractivity contribution in [2.75, 3.05) is 18.9 Å². The van der Waals surface area contributed by atoms with Crippen molar-refractivity contribution in [1.29, 1.82) is 0 Å². The summed E-state index contributed by atoms with van der Waals surface area (Å²) in [4.78, 5) is 48.4. The van der Waals surface area contributed by atoms with Gasteiger partial charge in [-0.3, -0.25) is 19.3 Å². The number of rotatable bonds is 5. The van der Waals surface area contributed by atoms with E-state index in [1.165, 1.54) is 21.1 Å². The Morgan fingerprint density at radius 2 is 1.90 bits per heavy atom. The van der Waals surface area contributed by atoms with Crippen molar-refractivity contribution >= 4 is 34.2 Å². The smallest absolute Gasteiger partial charge is 0.249 e. The van der Waals surface area contributed by atoms with Crippen LogP contribution in [0.15, 0.2) is 12.2 Å². The van der Waals surface area contributed by atoms with E-state index in [4.69, 9.17) is 0 Å². The first-order valence-electron chi connectivity index (χ1n) is 10.3. The van der Waals surface area contributed by atoms with E-state index in [1.54, 1.807) is 0 Å². The highest BCUT2D eigenvalue weighted by Gasteiger charge is 2.51. The van der Waals surface area contributed by atoms with Crippen molar-refractivity contribution in [3.8, 4) is 0 Å². The third-order valence-corrected chi connectivity index (χ3v) is 7.00. The fourth-order valence-corrected chi connectivity index (χ4v) is 5.57. The van der Waals surface area contributed by atoms with Crippen LogP contribution in [-0.4, -0.2) is 52.1 Å². The SMILES string of the molecule is CC(C)CC(C(=O)Nc1nc2c(s1)CN(C)CC2)N1C(=O)C2CC=CCC2C1=O. The van der Waals surface area contributed by atoms with Gasteiger partial charge in [-0.05, 0) is 32.2 Å². The molecule has 29 heavy (non-hydrogen) atoms. The first-order chi connectivity index (χ1) is 13.8. The first kappa shape index (κ1) is 20.2. The fourth-order valence-electron chi connectivity index (χ4n) is 4.47. The third kappa shape index (κ3) is 3.88. The van der Waals surface area contributed by atoms with E-state index in [9.17, 15) is 14.4 Å². The average Bonchev–Trinajstić information content (AvgIpc) is 3.18. The molecule has 3 aliphatic rings. The maximum absolute atomic E-state index is 13.2. The van der Waals surface area contributed by atoms with Crippen LogP contribution in [0, 0.1) is 17.8 Å². The molecule has 0 spiro atoms. The highest BCUT2D eigenvalue weighted by Crippen LogP contribution is 2.37. The Bertz CT molecular complexity index is 836. The number of nitrogens with zero attached hydrogens (tertiary/aromatic N) is 3. The number of carbonyl (C=O) groups is 3. The number of imide groups is 1. The van der Waals surface area contributed by atoms with Gasteiger partial charge in [-0.25, -0.2) is 4.98 Å². The van der Waals surface area contributed by atoms with Crippen LogP contribution in [0.2, 0.25) is 0 Å². The number of hydrogen-bond donors (Lipinski definition) is 1. The maximum Gasteiger partial charge on any atom is 0.249 e. The summed E-state index contributed by atoms with van der Waals surface area (Å²) in [7, 11) is 2.07. The highest BCUT2D eigenvalue weighted by molar-refractivity contribution is 7.15. The lowest BCUT2D eigenvalue weighted by atomic mass is 9.85. The van der Waals surface area contributed by atoms with Crippen LogP contribution < -0.4 is 5.32 Å². The van der Waals surface area contributed by atoms with Crippen LogP contribution in [0.3, 0.4) is 0 Å². The number of carbonyl (C=O) groups excluding carboxylic acids is 3. The summed E-state index contributed by atoms with van der Waals surface area (Å²) in [5.74, 6) is -1.19. The number of fused-ring (bicyclic) bond motifs is 2. The minimum Gasteiger partial charge on any atom is -0.301 e. The number of likely N-dealkylation sites (tertiary alicyclic amines) is 1. The lowest BCUT2D eigenvalue weighted by Gasteiger charge is -2.27.